The van der Waals surface area contributed by atoms with Gasteiger partial charge in [-0.05, 0) is 74.2 Å². The lowest BCUT2D eigenvalue weighted by Crippen LogP contribution is -2.41. The summed E-state index contributed by atoms with van der Waals surface area (Å²) in [4.78, 5) is 32.4. The molecule has 48 heavy (non-hydrogen) atoms. The maximum atomic E-state index is 13.9. The van der Waals surface area contributed by atoms with Crippen molar-refractivity contribution in [3.8, 4) is 11.5 Å². The fourth-order valence-corrected chi connectivity index (χ4v) is 6.57. The first-order chi connectivity index (χ1) is 23.6. The summed E-state index contributed by atoms with van der Waals surface area (Å²) in [5, 5.41) is 0. The zero-order valence-electron chi connectivity index (χ0n) is 29.7. The summed E-state index contributed by atoms with van der Waals surface area (Å²) in [6.07, 6.45) is 10.1. The predicted molar refractivity (Wildman–Crippen MR) is 192 cm³/mol. The normalized spacial score (nSPS) is 17.1. The van der Waals surface area contributed by atoms with Gasteiger partial charge in [0.05, 0.1) is 39.6 Å². The Morgan fingerprint density at radius 1 is 0.583 bits per heavy atom. The summed E-state index contributed by atoms with van der Waals surface area (Å²) in [6, 6.07) is 15.4. The van der Waals surface area contributed by atoms with Gasteiger partial charge in [-0.1, -0.05) is 52.4 Å². The Balaban J connectivity index is 1.35. The average molecular weight is 665 g/mol. The highest BCUT2D eigenvalue weighted by Crippen LogP contribution is 2.24. The molecule has 2 aromatic rings. The molecule has 2 fully saturated rings. The number of Topliss-reactive ketones (excluding diaryl/α,β-unsaturated/α-hetero) is 2. The van der Waals surface area contributed by atoms with Crippen LogP contribution in [0, 0.1) is 11.8 Å². The van der Waals surface area contributed by atoms with Crippen LogP contribution in [0.1, 0.15) is 98.8 Å². The van der Waals surface area contributed by atoms with Gasteiger partial charge in [-0.15, -0.1) is 0 Å². The van der Waals surface area contributed by atoms with E-state index in [9.17, 15) is 9.59 Å². The highest BCUT2D eigenvalue weighted by atomic mass is 16.5. The van der Waals surface area contributed by atoms with E-state index in [-0.39, 0.29) is 23.4 Å². The van der Waals surface area contributed by atoms with Gasteiger partial charge in [0, 0.05) is 62.2 Å². The lowest BCUT2D eigenvalue weighted by Gasteiger charge is -2.31. The van der Waals surface area contributed by atoms with E-state index in [0.29, 0.717) is 39.6 Å². The first kappa shape index (κ1) is 38.0. The minimum atomic E-state index is -0.0994. The number of rotatable bonds is 23. The van der Waals surface area contributed by atoms with E-state index in [4.69, 9.17) is 18.9 Å². The third kappa shape index (κ3) is 13.3. The van der Waals surface area contributed by atoms with E-state index in [1.165, 1.54) is 0 Å². The van der Waals surface area contributed by atoms with Crippen LogP contribution in [-0.2, 0) is 9.47 Å². The van der Waals surface area contributed by atoms with Crippen molar-refractivity contribution in [2.75, 3.05) is 78.9 Å². The van der Waals surface area contributed by atoms with Crippen molar-refractivity contribution < 1.29 is 28.5 Å². The molecule has 8 nitrogen and oxygen atoms in total. The number of ketones is 2. The Labute approximate surface area is 289 Å². The maximum absolute atomic E-state index is 13.9. The number of ether oxygens (including phenoxy) is 4. The molecule has 0 amide bonds. The fourth-order valence-electron chi connectivity index (χ4n) is 6.57. The number of unbranched alkanes of at least 4 members (excludes halogenated alkanes) is 5. The van der Waals surface area contributed by atoms with Crippen LogP contribution in [-0.4, -0.2) is 100 Å². The second-order valence-electron chi connectivity index (χ2n) is 13.4. The Morgan fingerprint density at radius 3 is 1.31 bits per heavy atom. The molecule has 2 heterocycles. The molecule has 0 saturated carbocycles. The van der Waals surface area contributed by atoms with Crippen LogP contribution in [0.15, 0.2) is 48.5 Å². The molecule has 2 aliphatic heterocycles. The van der Waals surface area contributed by atoms with E-state index < -0.39 is 0 Å². The van der Waals surface area contributed by atoms with Gasteiger partial charge in [0.15, 0.2) is 11.6 Å². The van der Waals surface area contributed by atoms with Crippen molar-refractivity contribution in [3.05, 3.63) is 59.7 Å². The van der Waals surface area contributed by atoms with E-state index in [2.05, 4.69) is 23.6 Å². The molecule has 0 bridgehead atoms. The number of benzene rings is 2. The van der Waals surface area contributed by atoms with Gasteiger partial charge in [-0.2, -0.15) is 0 Å². The smallest absolute Gasteiger partial charge is 0.167 e. The molecule has 2 aromatic carbocycles. The second kappa shape index (κ2) is 22.0. The Bertz CT molecular complexity index is 1080. The van der Waals surface area contributed by atoms with Crippen molar-refractivity contribution in [3.63, 3.8) is 0 Å². The maximum Gasteiger partial charge on any atom is 0.167 e. The third-order valence-electron chi connectivity index (χ3n) is 9.57. The molecule has 2 atom stereocenters. The molecule has 8 heteroatoms. The number of nitrogens with zero attached hydrogens (tertiary/aromatic N) is 2. The van der Waals surface area contributed by atoms with Crippen LogP contribution < -0.4 is 9.47 Å². The summed E-state index contributed by atoms with van der Waals surface area (Å²) in [5.41, 5.74) is 1.49. The summed E-state index contributed by atoms with van der Waals surface area (Å²) in [5.74, 6) is 1.82. The molecule has 266 valence electrons. The molecule has 2 saturated heterocycles. The van der Waals surface area contributed by atoms with Crippen LogP contribution in [0.5, 0.6) is 11.5 Å². The zero-order chi connectivity index (χ0) is 33.8. The molecular weight excluding hydrogens is 604 g/mol. The molecule has 4 rings (SSSR count). The highest BCUT2D eigenvalue weighted by Gasteiger charge is 2.26. The minimum Gasteiger partial charge on any atom is -0.494 e. The van der Waals surface area contributed by atoms with Crippen LogP contribution in [0.3, 0.4) is 0 Å². The Morgan fingerprint density at radius 2 is 0.958 bits per heavy atom. The molecule has 0 unspecified atom stereocenters. The molecule has 0 N–H and O–H groups in total. The van der Waals surface area contributed by atoms with Gasteiger partial charge < -0.3 is 18.9 Å². The summed E-state index contributed by atoms with van der Waals surface area (Å²) in [6.45, 7) is 13.5. The third-order valence-corrected chi connectivity index (χ3v) is 9.57. The number of hydrogen-bond acceptors (Lipinski definition) is 8. The topological polar surface area (TPSA) is 77.5 Å². The Hall–Kier alpha value is -2.78. The monoisotopic (exact) mass is 664 g/mol. The van der Waals surface area contributed by atoms with E-state index in [0.717, 1.165) is 126 Å². The van der Waals surface area contributed by atoms with Crippen molar-refractivity contribution in [1.29, 1.82) is 0 Å². The van der Waals surface area contributed by atoms with Crippen LogP contribution in [0.25, 0.3) is 0 Å². The Kier molecular flexibility index (Phi) is 17.5. The second-order valence-corrected chi connectivity index (χ2v) is 13.4. The lowest BCUT2D eigenvalue weighted by atomic mass is 9.88. The van der Waals surface area contributed by atoms with Gasteiger partial charge in [-0.3, -0.25) is 19.4 Å². The van der Waals surface area contributed by atoms with Crippen LogP contribution >= 0.6 is 0 Å². The first-order valence-electron chi connectivity index (χ1n) is 18.7. The minimum absolute atomic E-state index is 0.0994. The zero-order valence-corrected chi connectivity index (χ0v) is 29.7. The number of hydrogen-bond donors (Lipinski definition) is 0. The molecule has 0 spiro atoms. The summed E-state index contributed by atoms with van der Waals surface area (Å²) < 4.78 is 22.9. The SMILES string of the molecule is CCCCCOc1ccc(C(=O)[C@H](CCCC[C@H](CN2CCOCC2)C(=O)c2ccc(OCCCCC)cc2)CN2CCOCC2)cc1. The molecular formula is C40H60N2O6. The number of morpholine rings is 2. The summed E-state index contributed by atoms with van der Waals surface area (Å²) in [7, 11) is 0. The van der Waals surface area contributed by atoms with Crippen molar-refractivity contribution in [2.45, 2.75) is 78.1 Å². The van der Waals surface area contributed by atoms with E-state index in [1.807, 2.05) is 48.5 Å². The van der Waals surface area contributed by atoms with E-state index >= 15 is 0 Å². The van der Waals surface area contributed by atoms with Gasteiger partial charge in [-0.25, -0.2) is 0 Å². The van der Waals surface area contributed by atoms with Crippen molar-refractivity contribution >= 4 is 11.6 Å². The van der Waals surface area contributed by atoms with Crippen LogP contribution in [0.4, 0.5) is 0 Å². The fraction of sp³-hybridized carbons (Fsp3) is 0.650. The number of carbonyl (C=O) groups excluding carboxylic acids is 2. The van der Waals surface area contributed by atoms with Crippen molar-refractivity contribution in [1.82, 2.24) is 9.80 Å². The molecule has 0 aliphatic carbocycles. The highest BCUT2D eigenvalue weighted by molar-refractivity contribution is 5.98. The molecule has 0 radical (unpaired) electrons. The average Bonchev–Trinajstić information content (AvgIpc) is 3.13. The number of carbonyl (C=O) groups is 2. The van der Waals surface area contributed by atoms with Gasteiger partial charge in [0.2, 0.25) is 0 Å². The molecule has 0 aromatic heterocycles. The first-order valence-corrected chi connectivity index (χ1v) is 18.7. The summed E-state index contributed by atoms with van der Waals surface area (Å²) >= 11 is 0. The van der Waals surface area contributed by atoms with Gasteiger partial charge in [0.1, 0.15) is 11.5 Å². The molecule has 2 aliphatic rings. The van der Waals surface area contributed by atoms with E-state index in [1.54, 1.807) is 0 Å². The standard InChI is InChI=1S/C40H60N2O6/c1-3-5-9-25-47-37-17-13-33(14-18-37)39(43)35(31-41-21-27-45-28-22-41)11-7-8-12-36(32-42-23-29-46-30-24-42)40(44)34-15-19-38(20-16-34)48-26-10-6-4-2/h13-20,35-36H,3-12,21-32H2,1-2H3/t35-,36-/m1/s1. The van der Waals surface area contributed by atoms with Crippen molar-refractivity contribution in [2.24, 2.45) is 11.8 Å². The van der Waals surface area contributed by atoms with Gasteiger partial charge >= 0.3 is 0 Å². The largest absolute Gasteiger partial charge is 0.494 e. The van der Waals surface area contributed by atoms with Crippen LogP contribution in [0.2, 0.25) is 0 Å². The van der Waals surface area contributed by atoms with Gasteiger partial charge in [0.25, 0.3) is 0 Å². The predicted octanol–water partition coefficient (Wildman–Crippen LogP) is 7.35. The lowest BCUT2D eigenvalue weighted by molar-refractivity contribution is 0.0283. The quantitative estimate of drug-likeness (QED) is 0.0902.